The van der Waals surface area contributed by atoms with E-state index in [2.05, 4.69) is 20.2 Å². The number of para-hydroxylation sites is 1. The van der Waals surface area contributed by atoms with Gasteiger partial charge in [0.25, 0.3) is 0 Å². The van der Waals surface area contributed by atoms with Crippen molar-refractivity contribution >= 4 is 11.5 Å². The zero-order valence-electron chi connectivity index (χ0n) is 11.2. The molecular formula is C15H17FN4. The van der Waals surface area contributed by atoms with Crippen LogP contribution in [-0.2, 0) is 0 Å². The van der Waals surface area contributed by atoms with Crippen LogP contribution in [0.25, 0.3) is 0 Å². The van der Waals surface area contributed by atoms with Crippen LogP contribution in [0.5, 0.6) is 0 Å². The van der Waals surface area contributed by atoms with Gasteiger partial charge in [-0.1, -0.05) is 12.1 Å². The fourth-order valence-corrected chi connectivity index (χ4v) is 2.60. The molecule has 3 rings (SSSR count). The van der Waals surface area contributed by atoms with Crippen LogP contribution in [0.1, 0.15) is 12.8 Å². The van der Waals surface area contributed by atoms with Crippen LogP contribution in [0.4, 0.5) is 15.9 Å². The third-order valence-electron chi connectivity index (χ3n) is 3.53. The zero-order valence-corrected chi connectivity index (χ0v) is 11.2. The van der Waals surface area contributed by atoms with E-state index >= 15 is 0 Å². The van der Waals surface area contributed by atoms with E-state index in [0.717, 1.165) is 31.7 Å². The van der Waals surface area contributed by atoms with Crippen LogP contribution in [0, 0.1) is 5.82 Å². The Labute approximate surface area is 117 Å². The standard InChI is InChI=1S/C15H17FN4/c16-13-5-1-2-6-14(13)20-9-3-4-12(11-20)19-15-10-17-7-8-18-15/h1-2,5-8,10,12H,3-4,9,11H2,(H,18,19). The Morgan fingerprint density at radius 3 is 2.95 bits per heavy atom. The maximum Gasteiger partial charge on any atom is 0.146 e. The Bertz CT molecular complexity index is 561. The summed E-state index contributed by atoms with van der Waals surface area (Å²) in [5.41, 5.74) is 0.679. The number of piperidine rings is 1. The molecule has 1 aliphatic heterocycles. The number of rotatable bonds is 3. The Morgan fingerprint density at radius 1 is 1.25 bits per heavy atom. The summed E-state index contributed by atoms with van der Waals surface area (Å²) < 4.78 is 13.8. The summed E-state index contributed by atoms with van der Waals surface area (Å²) in [5.74, 6) is 0.612. The fourth-order valence-electron chi connectivity index (χ4n) is 2.60. The van der Waals surface area contributed by atoms with Crippen molar-refractivity contribution in [1.29, 1.82) is 0 Å². The van der Waals surface area contributed by atoms with E-state index in [-0.39, 0.29) is 11.9 Å². The average Bonchev–Trinajstić information content (AvgIpc) is 2.49. The number of hydrogen-bond donors (Lipinski definition) is 1. The SMILES string of the molecule is Fc1ccccc1N1CCCC(Nc2cnccn2)C1. The van der Waals surface area contributed by atoms with Crippen LogP contribution in [0.15, 0.2) is 42.9 Å². The predicted molar refractivity (Wildman–Crippen MR) is 77.3 cm³/mol. The van der Waals surface area contributed by atoms with Crippen molar-refractivity contribution in [2.45, 2.75) is 18.9 Å². The van der Waals surface area contributed by atoms with Gasteiger partial charge in [0.2, 0.25) is 0 Å². The molecule has 0 saturated carbocycles. The van der Waals surface area contributed by atoms with Gasteiger partial charge < -0.3 is 10.2 Å². The molecule has 0 radical (unpaired) electrons. The number of hydrogen-bond acceptors (Lipinski definition) is 4. The Hall–Kier alpha value is -2.17. The first-order valence-electron chi connectivity index (χ1n) is 6.85. The number of nitrogens with one attached hydrogen (secondary N) is 1. The van der Waals surface area contributed by atoms with E-state index < -0.39 is 0 Å². The molecule has 1 fully saturated rings. The average molecular weight is 272 g/mol. The Morgan fingerprint density at radius 2 is 2.15 bits per heavy atom. The van der Waals surface area contributed by atoms with Gasteiger partial charge in [-0.05, 0) is 25.0 Å². The highest BCUT2D eigenvalue weighted by molar-refractivity contribution is 5.48. The van der Waals surface area contributed by atoms with Gasteiger partial charge in [-0.25, -0.2) is 9.37 Å². The van der Waals surface area contributed by atoms with Crippen molar-refractivity contribution in [3.05, 3.63) is 48.7 Å². The molecule has 0 amide bonds. The van der Waals surface area contributed by atoms with E-state index in [1.807, 2.05) is 12.1 Å². The minimum Gasteiger partial charge on any atom is -0.367 e. The third-order valence-corrected chi connectivity index (χ3v) is 3.53. The maximum absolute atomic E-state index is 13.8. The van der Waals surface area contributed by atoms with Gasteiger partial charge in [-0.3, -0.25) is 4.98 Å². The number of aromatic nitrogens is 2. The summed E-state index contributed by atoms with van der Waals surface area (Å²) in [6, 6.07) is 7.20. The molecular weight excluding hydrogens is 255 g/mol. The quantitative estimate of drug-likeness (QED) is 0.932. The highest BCUT2D eigenvalue weighted by Gasteiger charge is 2.21. The summed E-state index contributed by atoms with van der Waals surface area (Å²) in [5, 5.41) is 3.36. The van der Waals surface area contributed by atoms with E-state index in [1.165, 1.54) is 6.07 Å². The van der Waals surface area contributed by atoms with Crippen molar-refractivity contribution in [3.63, 3.8) is 0 Å². The lowest BCUT2D eigenvalue weighted by Crippen LogP contribution is -2.42. The second-order valence-corrected chi connectivity index (χ2v) is 4.97. The molecule has 5 heteroatoms. The van der Waals surface area contributed by atoms with Crippen molar-refractivity contribution in [3.8, 4) is 0 Å². The molecule has 0 aliphatic carbocycles. The van der Waals surface area contributed by atoms with Crippen molar-refractivity contribution < 1.29 is 4.39 Å². The molecule has 1 atom stereocenters. The largest absolute Gasteiger partial charge is 0.367 e. The molecule has 104 valence electrons. The summed E-state index contributed by atoms with van der Waals surface area (Å²) >= 11 is 0. The summed E-state index contributed by atoms with van der Waals surface area (Å²) in [4.78, 5) is 10.4. The van der Waals surface area contributed by atoms with Crippen LogP contribution >= 0.6 is 0 Å². The highest BCUT2D eigenvalue weighted by Crippen LogP contribution is 2.23. The molecule has 1 N–H and O–H groups in total. The summed E-state index contributed by atoms with van der Waals surface area (Å²) in [6.07, 6.45) is 7.12. The molecule has 2 aromatic rings. The van der Waals surface area contributed by atoms with Gasteiger partial charge in [0, 0.05) is 31.5 Å². The van der Waals surface area contributed by atoms with Gasteiger partial charge in [0.1, 0.15) is 11.6 Å². The predicted octanol–water partition coefficient (Wildman–Crippen LogP) is 2.70. The van der Waals surface area contributed by atoms with E-state index in [1.54, 1.807) is 24.7 Å². The highest BCUT2D eigenvalue weighted by atomic mass is 19.1. The molecule has 4 nitrogen and oxygen atoms in total. The first-order valence-corrected chi connectivity index (χ1v) is 6.85. The van der Waals surface area contributed by atoms with Crippen LogP contribution in [0.2, 0.25) is 0 Å². The van der Waals surface area contributed by atoms with Gasteiger partial charge in [-0.15, -0.1) is 0 Å². The number of benzene rings is 1. The van der Waals surface area contributed by atoms with Crippen LogP contribution in [-0.4, -0.2) is 29.1 Å². The lowest BCUT2D eigenvalue weighted by molar-refractivity contribution is 0.518. The molecule has 1 aromatic carbocycles. The lowest BCUT2D eigenvalue weighted by atomic mass is 10.0. The minimum atomic E-state index is -0.160. The zero-order chi connectivity index (χ0) is 13.8. The molecule has 2 heterocycles. The van der Waals surface area contributed by atoms with Gasteiger partial charge in [0.05, 0.1) is 11.9 Å². The van der Waals surface area contributed by atoms with E-state index in [4.69, 9.17) is 0 Å². The third kappa shape index (κ3) is 2.87. The summed E-state index contributed by atoms with van der Waals surface area (Å²) in [6.45, 7) is 1.66. The normalized spacial score (nSPS) is 18.9. The number of halogens is 1. The van der Waals surface area contributed by atoms with Gasteiger partial charge in [-0.2, -0.15) is 0 Å². The minimum absolute atomic E-state index is 0.160. The summed E-state index contributed by atoms with van der Waals surface area (Å²) in [7, 11) is 0. The first-order chi connectivity index (χ1) is 9.83. The number of nitrogens with zero attached hydrogens (tertiary/aromatic N) is 3. The molecule has 1 saturated heterocycles. The van der Waals surface area contributed by atoms with Gasteiger partial charge >= 0.3 is 0 Å². The second-order valence-electron chi connectivity index (χ2n) is 4.97. The second kappa shape index (κ2) is 5.86. The molecule has 1 aromatic heterocycles. The monoisotopic (exact) mass is 272 g/mol. The molecule has 0 bridgehead atoms. The van der Waals surface area contributed by atoms with E-state index in [9.17, 15) is 4.39 Å². The van der Waals surface area contributed by atoms with E-state index in [0.29, 0.717) is 5.69 Å². The molecule has 20 heavy (non-hydrogen) atoms. The van der Waals surface area contributed by atoms with Crippen LogP contribution in [0.3, 0.4) is 0 Å². The van der Waals surface area contributed by atoms with Crippen molar-refractivity contribution in [2.24, 2.45) is 0 Å². The molecule has 1 unspecified atom stereocenters. The smallest absolute Gasteiger partial charge is 0.146 e. The lowest BCUT2D eigenvalue weighted by Gasteiger charge is -2.35. The Kier molecular flexibility index (Phi) is 3.76. The van der Waals surface area contributed by atoms with Crippen molar-refractivity contribution in [1.82, 2.24) is 9.97 Å². The van der Waals surface area contributed by atoms with Crippen LogP contribution < -0.4 is 10.2 Å². The number of anilines is 2. The molecule has 0 spiro atoms. The fraction of sp³-hybridized carbons (Fsp3) is 0.333. The topological polar surface area (TPSA) is 41.0 Å². The maximum atomic E-state index is 13.8. The van der Waals surface area contributed by atoms with Crippen molar-refractivity contribution in [2.75, 3.05) is 23.3 Å². The molecule has 1 aliphatic rings. The van der Waals surface area contributed by atoms with Gasteiger partial charge in [0.15, 0.2) is 0 Å². The Balaban J connectivity index is 1.69. The first kappa shape index (κ1) is 12.8.